The van der Waals surface area contributed by atoms with Crippen LogP contribution >= 0.6 is 0 Å². The Morgan fingerprint density at radius 3 is 1.17 bits per heavy atom. The van der Waals surface area contributed by atoms with E-state index in [4.69, 9.17) is 10.2 Å². The first-order valence-corrected chi connectivity index (χ1v) is 7.70. The fourth-order valence-electron chi connectivity index (χ4n) is 1.02. The van der Waals surface area contributed by atoms with Crippen molar-refractivity contribution >= 4 is 23.9 Å². The third-order valence-corrected chi connectivity index (χ3v) is 1.89. The molecule has 0 saturated carbocycles. The zero-order chi connectivity index (χ0) is 19.4. The maximum atomic E-state index is 10.4. The molecule has 0 fully saturated rings. The van der Waals surface area contributed by atoms with E-state index in [1.807, 2.05) is 27.7 Å². The number of hydrogen-bond acceptors (Lipinski definition) is 6. The summed E-state index contributed by atoms with van der Waals surface area (Å²) < 4.78 is 9.29. The van der Waals surface area contributed by atoms with Crippen LogP contribution in [0.1, 0.15) is 53.4 Å². The fourth-order valence-corrected chi connectivity index (χ4v) is 1.02. The Bertz CT molecular complexity index is 336. The van der Waals surface area contributed by atoms with Crippen LogP contribution in [-0.4, -0.2) is 47.3 Å². The molecule has 0 aromatic rings. The van der Waals surface area contributed by atoms with Gasteiger partial charge in [0.2, 0.25) is 0 Å². The van der Waals surface area contributed by atoms with Gasteiger partial charge in [0.05, 0.1) is 13.2 Å². The lowest BCUT2D eigenvalue weighted by Gasteiger charge is -1.96. The van der Waals surface area contributed by atoms with Gasteiger partial charge in [-0.2, -0.15) is 0 Å². The minimum Gasteiger partial charge on any atom is -0.478 e. The molecule has 0 aromatic heterocycles. The van der Waals surface area contributed by atoms with E-state index in [1.165, 1.54) is 0 Å². The highest BCUT2D eigenvalue weighted by Crippen LogP contribution is 1.89. The van der Waals surface area contributed by atoms with Crippen LogP contribution < -0.4 is 0 Å². The lowest BCUT2D eigenvalue weighted by Crippen LogP contribution is -2.01. The largest absolute Gasteiger partial charge is 0.478 e. The van der Waals surface area contributed by atoms with E-state index in [0.717, 1.165) is 12.8 Å². The molecule has 0 bridgehead atoms. The van der Waals surface area contributed by atoms with Crippen LogP contribution in [-0.2, 0) is 28.7 Å². The van der Waals surface area contributed by atoms with Gasteiger partial charge in [-0.25, -0.2) is 9.59 Å². The quantitative estimate of drug-likeness (QED) is 0.505. The molecule has 0 aliphatic rings. The highest BCUT2D eigenvalue weighted by Gasteiger charge is 1.96. The Morgan fingerprint density at radius 2 is 1.00 bits per heavy atom. The summed E-state index contributed by atoms with van der Waals surface area (Å²) in [6, 6.07) is 0. The van der Waals surface area contributed by atoms with Crippen LogP contribution in [0.2, 0.25) is 0 Å². The number of aliphatic carboxylic acids is 2. The molecule has 0 spiro atoms. The Kier molecular flexibility index (Phi) is 22.8. The third-order valence-electron chi connectivity index (χ3n) is 1.89. The van der Waals surface area contributed by atoms with Crippen LogP contribution in [0.5, 0.6) is 0 Å². The van der Waals surface area contributed by atoms with Crippen LogP contribution in [0.15, 0.2) is 12.2 Å². The molecule has 0 amide bonds. The molecule has 0 rings (SSSR count). The summed E-state index contributed by atoms with van der Waals surface area (Å²) in [5, 5.41) is 15.6. The zero-order valence-corrected chi connectivity index (χ0v) is 14.7. The van der Waals surface area contributed by atoms with Crippen molar-refractivity contribution in [1.29, 1.82) is 0 Å². The van der Waals surface area contributed by atoms with Gasteiger partial charge in [0.25, 0.3) is 0 Å². The second-order valence-corrected chi connectivity index (χ2v) is 4.12. The number of carbonyl (C=O) groups excluding carboxylic acids is 2. The molecule has 0 aromatic carbocycles. The Morgan fingerprint density at radius 1 is 0.708 bits per heavy atom. The lowest BCUT2D eigenvalue weighted by atomic mass is 10.3. The van der Waals surface area contributed by atoms with Crippen molar-refractivity contribution in [1.82, 2.24) is 0 Å². The molecule has 0 radical (unpaired) electrons. The summed E-state index contributed by atoms with van der Waals surface area (Å²) in [4.78, 5) is 39.9. The zero-order valence-electron chi connectivity index (χ0n) is 14.7. The van der Waals surface area contributed by atoms with Crippen LogP contribution in [0, 0.1) is 0 Å². The standard InChI is InChI=1S/2C6H12O2.C4H4O4/c2*1-3-5-6(7)8-4-2;5-3(6)1-2-4(7)8/h2*3-5H2,1-2H3;1-2H,(H,5,6)(H,7,8)/b;;2-1+. The van der Waals surface area contributed by atoms with E-state index in [1.54, 1.807) is 0 Å². The summed E-state index contributed by atoms with van der Waals surface area (Å²) in [5.41, 5.74) is 0. The van der Waals surface area contributed by atoms with Crippen LogP contribution in [0.25, 0.3) is 0 Å². The van der Waals surface area contributed by atoms with Gasteiger partial charge in [0, 0.05) is 25.0 Å². The number of hydrogen-bond donors (Lipinski definition) is 2. The number of carboxylic acid groups (broad SMARTS) is 2. The monoisotopic (exact) mass is 348 g/mol. The number of carbonyl (C=O) groups is 4. The molecule has 0 aliphatic carbocycles. The molecule has 8 heteroatoms. The summed E-state index contributed by atoms with van der Waals surface area (Å²) in [6.45, 7) is 8.53. The van der Waals surface area contributed by atoms with Crippen molar-refractivity contribution in [2.75, 3.05) is 13.2 Å². The van der Waals surface area contributed by atoms with Gasteiger partial charge >= 0.3 is 23.9 Å². The van der Waals surface area contributed by atoms with Gasteiger partial charge in [0.1, 0.15) is 0 Å². The fraction of sp³-hybridized carbons (Fsp3) is 0.625. The minimum atomic E-state index is -1.26. The van der Waals surface area contributed by atoms with Gasteiger partial charge < -0.3 is 19.7 Å². The van der Waals surface area contributed by atoms with E-state index >= 15 is 0 Å². The van der Waals surface area contributed by atoms with Crippen molar-refractivity contribution in [2.45, 2.75) is 53.4 Å². The third kappa shape index (κ3) is 31.8. The van der Waals surface area contributed by atoms with Crippen LogP contribution in [0.3, 0.4) is 0 Å². The van der Waals surface area contributed by atoms with Crippen molar-refractivity contribution < 1.29 is 38.9 Å². The van der Waals surface area contributed by atoms with Gasteiger partial charge in [-0.15, -0.1) is 0 Å². The van der Waals surface area contributed by atoms with Crippen LogP contribution in [0.4, 0.5) is 0 Å². The Labute approximate surface area is 142 Å². The predicted octanol–water partition coefficient (Wildman–Crippen LogP) is 2.41. The van der Waals surface area contributed by atoms with Gasteiger partial charge in [0.15, 0.2) is 0 Å². The molecule has 0 atom stereocenters. The molecule has 8 nitrogen and oxygen atoms in total. The highest BCUT2D eigenvalue weighted by atomic mass is 16.5. The normalized spacial score (nSPS) is 9.00. The predicted molar refractivity (Wildman–Crippen MR) is 87.5 cm³/mol. The first-order valence-electron chi connectivity index (χ1n) is 7.70. The SMILES string of the molecule is CCCC(=O)OCC.CCCC(=O)OCC.O=C(O)/C=C/C(=O)O. The van der Waals surface area contributed by atoms with Crippen molar-refractivity contribution in [3.8, 4) is 0 Å². The number of carboxylic acids is 2. The number of rotatable bonds is 8. The first kappa shape index (κ1) is 26.5. The van der Waals surface area contributed by atoms with E-state index in [0.29, 0.717) is 38.2 Å². The molecule has 0 heterocycles. The summed E-state index contributed by atoms with van der Waals surface area (Å²) in [6.07, 6.45) is 3.96. The summed E-state index contributed by atoms with van der Waals surface area (Å²) >= 11 is 0. The molecule has 24 heavy (non-hydrogen) atoms. The maximum absolute atomic E-state index is 10.4. The number of esters is 2. The molecular weight excluding hydrogens is 320 g/mol. The summed E-state index contributed by atoms with van der Waals surface area (Å²) in [7, 11) is 0. The van der Waals surface area contributed by atoms with Gasteiger partial charge in [-0.3, -0.25) is 9.59 Å². The Balaban J connectivity index is -0.000000276. The van der Waals surface area contributed by atoms with Crippen molar-refractivity contribution in [3.05, 3.63) is 12.2 Å². The average molecular weight is 348 g/mol. The maximum Gasteiger partial charge on any atom is 0.328 e. The lowest BCUT2D eigenvalue weighted by molar-refractivity contribution is -0.144. The smallest absolute Gasteiger partial charge is 0.328 e. The molecule has 0 aliphatic heterocycles. The van der Waals surface area contributed by atoms with E-state index < -0.39 is 11.9 Å². The second-order valence-electron chi connectivity index (χ2n) is 4.12. The van der Waals surface area contributed by atoms with Crippen molar-refractivity contribution in [2.24, 2.45) is 0 Å². The number of ether oxygens (including phenoxy) is 2. The molecule has 140 valence electrons. The molecule has 0 saturated heterocycles. The van der Waals surface area contributed by atoms with E-state index in [-0.39, 0.29) is 11.9 Å². The van der Waals surface area contributed by atoms with Gasteiger partial charge in [-0.05, 0) is 26.7 Å². The highest BCUT2D eigenvalue weighted by molar-refractivity contribution is 5.89. The van der Waals surface area contributed by atoms with E-state index in [2.05, 4.69) is 9.47 Å². The molecule has 0 unspecified atom stereocenters. The topological polar surface area (TPSA) is 127 Å². The minimum absolute atomic E-state index is 0.0880. The Hall–Kier alpha value is -2.38. The van der Waals surface area contributed by atoms with Gasteiger partial charge in [-0.1, -0.05) is 13.8 Å². The average Bonchev–Trinajstić information content (AvgIpc) is 2.47. The summed E-state index contributed by atoms with van der Waals surface area (Å²) in [5.74, 6) is -2.69. The molecule has 2 N–H and O–H groups in total. The van der Waals surface area contributed by atoms with E-state index in [9.17, 15) is 19.2 Å². The van der Waals surface area contributed by atoms with Crippen molar-refractivity contribution in [3.63, 3.8) is 0 Å². The second kappa shape index (κ2) is 20.6. The molecular formula is C16H28O8. The first-order chi connectivity index (χ1) is 11.2.